The van der Waals surface area contributed by atoms with Crippen LogP contribution < -0.4 is 14.2 Å². The molecular weight excluding hydrogens is 422 g/mol. The van der Waals surface area contributed by atoms with E-state index in [1.165, 1.54) is 20.3 Å². The summed E-state index contributed by atoms with van der Waals surface area (Å²) in [7, 11) is 3.03. The maximum atomic E-state index is 10.7. The molecule has 0 atom stereocenters. The van der Waals surface area contributed by atoms with Crippen molar-refractivity contribution in [2.75, 3.05) is 20.8 Å². The maximum Gasteiger partial charge on any atom is 0.328 e. The predicted molar refractivity (Wildman–Crippen MR) is 126 cm³/mol. The largest absolute Gasteiger partial charge is 0.496 e. The van der Waals surface area contributed by atoms with Gasteiger partial charge in [-0.15, -0.1) is 0 Å². The van der Waals surface area contributed by atoms with Crippen LogP contribution in [-0.4, -0.2) is 37.6 Å². The molecule has 0 amide bonds. The molecule has 3 aromatic carbocycles. The Labute approximate surface area is 192 Å². The van der Waals surface area contributed by atoms with Crippen molar-refractivity contribution in [2.45, 2.75) is 6.61 Å². The van der Waals surface area contributed by atoms with Crippen LogP contribution in [0.2, 0.25) is 0 Å². The topological polar surface area (TPSA) is 86.6 Å². The second-order valence-electron chi connectivity index (χ2n) is 6.88. The molecule has 0 unspecified atom stereocenters. The average Bonchev–Trinajstić information content (AvgIpc) is 2.85. The Hall–Kier alpha value is -4.26. The minimum absolute atomic E-state index is 0.274. The second-order valence-corrected chi connectivity index (χ2v) is 6.88. The molecule has 0 radical (unpaired) electrons. The van der Waals surface area contributed by atoms with E-state index in [-0.39, 0.29) is 6.61 Å². The molecule has 0 spiro atoms. The zero-order valence-corrected chi connectivity index (χ0v) is 18.4. The normalized spacial score (nSPS) is 11.3. The Morgan fingerprint density at radius 2 is 1.67 bits per heavy atom. The van der Waals surface area contributed by atoms with Crippen LogP contribution in [-0.2, 0) is 16.2 Å². The quantitative estimate of drug-likeness (QED) is 0.258. The van der Waals surface area contributed by atoms with Gasteiger partial charge in [0.1, 0.15) is 43.3 Å². The third-order valence-electron chi connectivity index (χ3n) is 4.62. The van der Waals surface area contributed by atoms with Crippen LogP contribution in [0.5, 0.6) is 17.2 Å². The molecule has 1 N–H and O–H groups in total. The zero-order valence-electron chi connectivity index (χ0n) is 18.4. The van der Waals surface area contributed by atoms with Crippen molar-refractivity contribution in [3.05, 3.63) is 95.6 Å². The van der Waals surface area contributed by atoms with Crippen molar-refractivity contribution in [3.8, 4) is 17.2 Å². The van der Waals surface area contributed by atoms with Crippen LogP contribution in [0.1, 0.15) is 16.7 Å². The van der Waals surface area contributed by atoms with E-state index in [1.54, 1.807) is 18.2 Å². The van der Waals surface area contributed by atoms with Gasteiger partial charge in [0.15, 0.2) is 0 Å². The van der Waals surface area contributed by atoms with Crippen molar-refractivity contribution in [1.29, 1.82) is 0 Å². The van der Waals surface area contributed by atoms with Gasteiger partial charge < -0.3 is 24.2 Å². The van der Waals surface area contributed by atoms with Crippen LogP contribution in [0, 0.1) is 0 Å². The van der Waals surface area contributed by atoms with Gasteiger partial charge >= 0.3 is 5.97 Å². The monoisotopic (exact) mass is 447 g/mol. The first kappa shape index (κ1) is 23.4. The Bertz CT molecular complexity index is 1110. The Balaban J connectivity index is 1.57. The van der Waals surface area contributed by atoms with Gasteiger partial charge in [-0.25, -0.2) is 4.79 Å². The molecule has 33 heavy (non-hydrogen) atoms. The molecule has 0 saturated carbocycles. The standard InChI is InChI=1S/C26H25NO6/c1-30-25-16-23(14-10-21(25)11-15-26(28)29)32-17-19-8-12-22(13-9-19)33-18-24(27-31-2)20-6-4-3-5-7-20/h3-16H,17-18H2,1-2H3,(H,28,29). The Morgan fingerprint density at radius 3 is 2.33 bits per heavy atom. The van der Waals surface area contributed by atoms with E-state index in [0.29, 0.717) is 35.1 Å². The highest BCUT2D eigenvalue weighted by molar-refractivity contribution is 6.01. The number of carboxylic acids is 1. The third kappa shape index (κ3) is 7.14. The molecule has 0 aliphatic carbocycles. The summed E-state index contributed by atoms with van der Waals surface area (Å²) in [5.74, 6) is 0.824. The van der Waals surface area contributed by atoms with Crippen molar-refractivity contribution in [2.24, 2.45) is 5.16 Å². The number of rotatable bonds is 11. The number of carboxylic acid groups (broad SMARTS) is 1. The molecule has 0 saturated heterocycles. The van der Waals surface area contributed by atoms with Gasteiger partial charge in [-0.3, -0.25) is 0 Å². The van der Waals surface area contributed by atoms with Crippen molar-refractivity contribution < 1.29 is 28.9 Å². The van der Waals surface area contributed by atoms with Crippen molar-refractivity contribution >= 4 is 17.8 Å². The number of carbonyl (C=O) groups is 1. The molecule has 3 aromatic rings. The van der Waals surface area contributed by atoms with Gasteiger partial charge in [0.2, 0.25) is 0 Å². The predicted octanol–water partition coefficient (Wildman–Crippen LogP) is 4.80. The number of hydrogen-bond acceptors (Lipinski definition) is 6. The minimum Gasteiger partial charge on any atom is -0.496 e. The number of nitrogens with zero attached hydrogens (tertiary/aromatic N) is 1. The summed E-state index contributed by atoms with van der Waals surface area (Å²) in [6.45, 7) is 0.629. The van der Waals surface area contributed by atoms with E-state index in [0.717, 1.165) is 17.2 Å². The molecule has 0 aliphatic heterocycles. The molecule has 0 heterocycles. The van der Waals surface area contributed by atoms with Gasteiger partial charge in [-0.1, -0.05) is 47.6 Å². The average molecular weight is 447 g/mol. The lowest BCUT2D eigenvalue weighted by Crippen LogP contribution is -2.13. The molecule has 0 fully saturated rings. The maximum absolute atomic E-state index is 10.7. The van der Waals surface area contributed by atoms with Crippen LogP contribution in [0.15, 0.2) is 84.0 Å². The zero-order chi connectivity index (χ0) is 23.5. The fraction of sp³-hybridized carbons (Fsp3) is 0.154. The summed E-state index contributed by atoms with van der Waals surface area (Å²) in [4.78, 5) is 15.7. The summed E-state index contributed by atoms with van der Waals surface area (Å²) >= 11 is 0. The van der Waals surface area contributed by atoms with Crippen molar-refractivity contribution in [1.82, 2.24) is 0 Å². The highest BCUT2D eigenvalue weighted by atomic mass is 16.6. The van der Waals surface area contributed by atoms with E-state index in [4.69, 9.17) is 24.2 Å². The van der Waals surface area contributed by atoms with Crippen molar-refractivity contribution in [3.63, 3.8) is 0 Å². The fourth-order valence-corrected chi connectivity index (χ4v) is 2.98. The van der Waals surface area contributed by atoms with E-state index < -0.39 is 5.97 Å². The van der Waals surface area contributed by atoms with Crippen LogP contribution in [0.25, 0.3) is 6.08 Å². The van der Waals surface area contributed by atoms with E-state index in [1.807, 2.05) is 54.6 Å². The highest BCUT2D eigenvalue weighted by Gasteiger charge is 2.07. The first-order valence-corrected chi connectivity index (χ1v) is 10.2. The SMILES string of the molecule is CON=C(COc1ccc(COc2ccc(C=CC(=O)O)c(OC)c2)cc1)c1ccccc1. The number of oxime groups is 1. The van der Waals surface area contributed by atoms with E-state index in [9.17, 15) is 4.79 Å². The number of aliphatic carboxylic acids is 1. The summed E-state index contributed by atoms with van der Waals surface area (Å²) in [5, 5.41) is 12.8. The first-order valence-electron chi connectivity index (χ1n) is 10.2. The molecule has 3 rings (SSSR count). The molecule has 0 aliphatic rings. The summed E-state index contributed by atoms with van der Waals surface area (Å²) in [5.41, 5.74) is 3.25. The van der Waals surface area contributed by atoms with Crippen LogP contribution >= 0.6 is 0 Å². The molecular formula is C26H25NO6. The highest BCUT2D eigenvalue weighted by Crippen LogP contribution is 2.26. The lowest BCUT2D eigenvalue weighted by molar-refractivity contribution is -0.131. The number of ether oxygens (including phenoxy) is 3. The first-order chi connectivity index (χ1) is 16.1. The molecule has 7 heteroatoms. The molecule has 0 aromatic heterocycles. The van der Waals surface area contributed by atoms with E-state index >= 15 is 0 Å². The second kappa shape index (κ2) is 12.0. The van der Waals surface area contributed by atoms with Gasteiger partial charge in [0.05, 0.1) is 7.11 Å². The third-order valence-corrected chi connectivity index (χ3v) is 4.62. The number of hydrogen-bond donors (Lipinski definition) is 1. The lowest BCUT2D eigenvalue weighted by Gasteiger charge is -2.11. The lowest BCUT2D eigenvalue weighted by atomic mass is 10.1. The minimum atomic E-state index is -1.02. The smallest absolute Gasteiger partial charge is 0.328 e. The van der Waals surface area contributed by atoms with Gasteiger partial charge in [0.25, 0.3) is 0 Å². The summed E-state index contributed by atoms with van der Waals surface area (Å²) in [6, 6.07) is 22.5. The molecule has 170 valence electrons. The van der Waals surface area contributed by atoms with Gasteiger partial charge in [-0.2, -0.15) is 0 Å². The Kier molecular flexibility index (Phi) is 8.48. The fourth-order valence-electron chi connectivity index (χ4n) is 2.98. The number of benzene rings is 3. The molecule has 7 nitrogen and oxygen atoms in total. The van der Waals surface area contributed by atoms with Gasteiger partial charge in [0, 0.05) is 23.3 Å². The van der Waals surface area contributed by atoms with Gasteiger partial charge in [-0.05, 0) is 35.9 Å². The summed E-state index contributed by atoms with van der Waals surface area (Å²) < 4.78 is 17.0. The summed E-state index contributed by atoms with van der Waals surface area (Å²) in [6.07, 6.45) is 2.54. The number of methoxy groups -OCH3 is 1. The van der Waals surface area contributed by atoms with Crippen LogP contribution in [0.4, 0.5) is 0 Å². The van der Waals surface area contributed by atoms with Crippen LogP contribution in [0.3, 0.4) is 0 Å². The van der Waals surface area contributed by atoms with E-state index in [2.05, 4.69) is 5.16 Å². The molecule has 0 bridgehead atoms. The Morgan fingerprint density at radius 1 is 0.939 bits per heavy atom.